The van der Waals surface area contributed by atoms with Crippen molar-refractivity contribution in [2.24, 2.45) is 0 Å². The number of carbonyl (C=O) groups is 2. The van der Waals surface area contributed by atoms with E-state index < -0.39 is 0 Å². The van der Waals surface area contributed by atoms with Gasteiger partial charge in [-0.3, -0.25) is 14.5 Å². The van der Waals surface area contributed by atoms with Crippen LogP contribution in [0.3, 0.4) is 0 Å². The first kappa shape index (κ1) is 18.7. The van der Waals surface area contributed by atoms with Crippen molar-refractivity contribution in [2.45, 2.75) is 6.10 Å². The Hall–Kier alpha value is -2.64. The van der Waals surface area contributed by atoms with Crippen molar-refractivity contribution in [2.75, 3.05) is 53.0 Å². The molecular formula is C21H25N3O4. The number of hydrogen-bond donors (Lipinski definition) is 1. The summed E-state index contributed by atoms with van der Waals surface area (Å²) in [6, 6.07) is 12.2. The Bertz CT molecular complexity index is 885. The van der Waals surface area contributed by atoms with E-state index in [0.717, 1.165) is 22.1 Å². The Morgan fingerprint density at radius 3 is 2.86 bits per heavy atom. The van der Waals surface area contributed by atoms with Gasteiger partial charge in [-0.2, -0.15) is 0 Å². The van der Waals surface area contributed by atoms with Crippen LogP contribution >= 0.6 is 0 Å². The number of hydrogen-bond acceptors (Lipinski definition) is 5. The predicted molar refractivity (Wildman–Crippen MR) is 105 cm³/mol. The van der Waals surface area contributed by atoms with Crippen LogP contribution in [0.5, 0.6) is 5.75 Å². The van der Waals surface area contributed by atoms with E-state index in [1.54, 1.807) is 7.11 Å². The number of fused-ring (bicyclic) bond motifs is 1. The number of morpholine rings is 1. The molecule has 2 amide bonds. The Labute approximate surface area is 164 Å². The molecule has 1 unspecified atom stereocenters. The highest BCUT2D eigenvalue weighted by Crippen LogP contribution is 2.28. The summed E-state index contributed by atoms with van der Waals surface area (Å²) in [6.07, 6.45) is -0.145. The molecule has 1 N–H and O–H groups in total. The minimum absolute atomic E-state index is 0.0216. The van der Waals surface area contributed by atoms with E-state index in [9.17, 15) is 9.59 Å². The van der Waals surface area contributed by atoms with Crippen molar-refractivity contribution in [3.63, 3.8) is 0 Å². The molecule has 28 heavy (non-hydrogen) atoms. The number of piperazine rings is 1. The second kappa shape index (κ2) is 8.16. The van der Waals surface area contributed by atoms with Crippen LogP contribution in [0.1, 0.15) is 11.7 Å². The number of nitrogens with one attached hydrogen (secondary N) is 1. The molecule has 0 aromatic heterocycles. The van der Waals surface area contributed by atoms with E-state index in [4.69, 9.17) is 9.47 Å². The zero-order chi connectivity index (χ0) is 19.5. The lowest BCUT2D eigenvalue weighted by atomic mass is 10.0. The van der Waals surface area contributed by atoms with Crippen LogP contribution in [0, 0.1) is 0 Å². The fourth-order valence-corrected chi connectivity index (χ4v) is 3.76. The third kappa shape index (κ3) is 4.10. The third-order valence-electron chi connectivity index (χ3n) is 5.34. The number of methoxy groups -OCH3 is 1. The summed E-state index contributed by atoms with van der Waals surface area (Å²) >= 11 is 0. The highest BCUT2D eigenvalue weighted by Gasteiger charge is 2.27. The first-order chi connectivity index (χ1) is 13.6. The maximum absolute atomic E-state index is 12.7. The van der Waals surface area contributed by atoms with Gasteiger partial charge in [-0.05, 0) is 34.5 Å². The predicted octanol–water partition coefficient (Wildman–Crippen LogP) is 1.18. The average Bonchev–Trinajstić information content (AvgIpc) is 2.73. The monoisotopic (exact) mass is 383 g/mol. The van der Waals surface area contributed by atoms with Gasteiger partial charge < -0.3 is 19.7 Å². The number of nitrogens with zero attached hydrogens (tertiary/aromatic N) is 2. The summed E-state index contributed by atoms with van der Waals surface area (Å²) in [5, 5.41) is 5.00. The molecule has 0 bridgehead atoms. The summed E-state index contributed by atoms with van der Waals surface area (Å²) < 4.78 is 11.2. The molecule has 0 aliphatic carbocycles. The number of rotatable bonds is 4. The zero-order valence-corrected chi connectivity index (χ0v) is 16.0. The summed E-state index contributed by atoms with van der Waals surface area (Å²) in [7, 11) is 1.66. The molecule has 2 saturated heterocycles. The standard InChI is InChI=1S/C21H25N3O4/c1-27-18-5-4-15-10-17(3-2-16(15)11-18)19-12-24(8-9-28-19)21(26)14-23-7-6-22-20(25)13-23/h2-5,10-11,19H,6-9,12-14H2,1H3,(H,22,25). The molecule has 1 atom stereocenters. The molecule has 2 aliphatic rings. The second-order valence-electron chi connectivity index (χ2n) is 7.23. The van der Waals surface area contributed by atoms with Crippen molar-refractivity contribution in [1.82, 2.24) is 15.1 Å². The second-order valence-corrected chi connectivity index (χ2v) is 7.23. The third-order valence-corrected chi connectivity index (χ3v) is 5.34. The minimum Gasteiger partial charge on any atom is -0.497 e. The number of benzene rings is 2. The quantitative estimate of drug-likeness (QED) is 0.859. The molecule has 148 valence electrons. The van der Waals surface area contributed by atoms with Crippen LogP contribution in [0.2, 0.25) is 0 Å². The van der Waals surface area contributed by atoms with Gasteiger partial charge in [0.1, 0.15) is 11.9 Å². The zero-order valence-electron chi connectivity index (χ0n) is 16.0. The lowest BCUT2D eigenvalue weighted by Gasteiger charge is -2.35. The van der Waals surface area contributed by atoms with Gasteiger partial charge in [-0.15, -0.1) is 0 Å². The molecule has 4 rings (SSSR count). The van der Waals surface area contributed by atoms with E-state index in [-0.39, 0.29) is 31.0 Å². The fraction of sp³-hybridized carbons (Fsp3) is 0.429. The molecule has 2 aliphatic heterocycles. The van der Waals surface area contributed by atoms with E-state index >= 15 is 0 Å². The Kier molecular flexibility index (Phi) is 5.45. The molecule has 7 heteroatoms. The van der Waals surface area contributed by atoms with Gasteiger partial charge in [-0.1, -0.05) is 18.2 Å². The lowest BCUT2D eigenvalue weighted by molar-refractivity contribution is -0.141. The van der Waals surface area contributed by atoms with E-state index in [1.807, 2.05) is 28.0 Å². The first-order valence-corrected chi connectivity index (χ1v) is 9.58. The van der Waals surface area contributed by atoms with Crippen LogP contribution in [-0.4, -0.2) is 74.6 Å². The van der Waals surface area contributed by atoms with Crippen LogP contribution in [0.4, 0.5) is 0 Å². The van der Waals surface area contributed by atoms with Crippen LogP contribution < -0.4 is 10.1 Å². The van der Waals surface area contributed by atoms with Crippen LogP contribution in [0.15, 0.2) is 36.4 Å². The van der Waals surface area contributed by atoms with E-state index in [1.165, 1.54) is 0 Å². The molecular weight excluding hydrogens is 358 g/mol. The lowest BCUT2D eigenvalue weighted by Crippen LogP contribution is -2.52. The summed E-state index contributed by atoms with van der Waals surface area (Å²) in [5.41, 5.74) is 1.06. The van der Waals surface area contributed by atoms with Crippen molar-refractivity contribution < 1.29 is 19.1 Å². The van der Waals surface area contributed by atoms with Gasteiger partial charge in [0.2, 0.25) is 11.8 Å². The van der Waals surface area contributed by atoms with Gasteiger partial charge in [0.25, 0.3) is 0 Å². The first-order valence-electron chi connectivity index (χ1n) is 9.58. The van der Waals surface area contributed by atoms with Crippen molar-refractivity contribution in [1.29, 1.82) is 0 Å². The molecule has 2 fully saturated rings. The number of ether oxygens (including phenoxy) is 2. The normalized spacial score (nSPS) is 20.8. The Morgan fingerprint density at radius 2 is 2.04 bits per heavy atom. The highest BCUT2D eigenvalue weighted by molar-refractivity contribution is 5.85. The summed E-state index contributed by atoms with van der Waals surface area (Å²) in [6.45, 7) is 3.49. The van der Waals surface area contributed by atoms with Gasteiger partial charge in [0, 0.05) is 19.6 Å². The molecule has 2 aromatic rings. The maximum atomic E-state index is 12.7. The van der Waals surface area contributed by atoms with Crippen LogP contribution in [-0.2, 0) is 14.3 Å². The SMILES string of the molecule is COc1ccc2cc(C3CN(C(=O)CN4CCNC(=O)C4)CCO3)ccc2c1. The van der Waals surface area contributed by atoms with E-state index in [0.29, 0.717) is 32.8 Å². The van der Waals surface area contributed by atoms with Gasteiger partial charge in [0.05, 0.1) is 33.4 Å². The molecule has 0 radical (unpaired) electrons. The van der Waals surface area contributed by atoms with Gasteiger partial charge >= 0.3 is 0 Å². The number of carbonyl (C=O) groups excluding carboxylic acids is 2. The van der Waals surface area contributed by atoms with Gasteiger partial charge in [-0.25, -0.2) is 0 Å². The van der Waals surface area contributed by atoms with E-state index in [2.05, 4.69) is 23.5 Å². The van der Waals surface area contributed by atoms with Crippen molar-refractivity contribution >= 4 is 22.6 Å². The molecule has 2 aromatic carbocycles. The van der Waals surface area contributed by atoms with Gasteiger partial charge in [0.15, 0.2) is 0 Å². The Morgan fingerprint density at radius 1 is 1.21 bits per heavy atom. The Balaban J connectivity index is 1.43. The molecule has 2 heterocycles. The fourth-order valence-electron chi connectivity index (χ4n) is 3.76. The smallest absolute Gasteiger partial charge is 0.236 e. The maximum Gasteiger partial charge on any atom is 0.236 e. The van der Waals surface area contributed by atoms with Crippen molar-refractivity contribution in [3.05, 3.63) is 42.0 Å². The summed E-state index contributed by atoms with van der Waals surface area (Å²) in [4.78, 5) is 28.0. The average molecular weight is 383 g/mol. The molecule has 0 spiro atoms. The van der Waals surface area contributed by atoms with Crippen LogP contribution in [0.25, 0.3) is 10.8 Å². The molecule has 0 saturated carbocycles. The highest BCUT2D eigenvalue weighted by atomic mass is 16.5. The minimum atomic E-state index is -0.145. The molecule has 7 nitrogen and oxygen atoms in total. The topological polar surface area (TPSA) is 71.1 Å². The largest absolute Gasteiger partial charge is 0.497 e. The summed E-state index contributed by atoms with van der Waals surface area (Å²) in [5.74, 6) is 0.859. The number of amides is 2. The van der Waals surface area contributed by atoms with Crippen molar-refractivity contribution in [3.8, 4) is 5.75 Å².